The number of aromatic nitrogens is 7. The quantitative estimate of drug-likeness (QED) is 0.365. The van der Waals surface area contributed by atoms with Crippen molar-refractivity contribution >= 4 is 22.2 Å². The van der Waals surface area contributed by atoms with Gasteiger partial charge in [0.15, 0.2) is 5.65 Å². The van der Waals surface area contributed by atoms with Crippen molar-refractivity contribution in [3.05, 3.63) is 94.4 Å². The first-order valence-electron chi connectivity index (χ1n) is 11.8. The number of aryl methyl sites for hydroxylation is 1. The Morgan fingerprint density at radius 1 is 1.14 bits per heavy atom. The molecule has 0 aliphatic carbocycles. The highest BCUT2D eigenvalue weighted by Gasteiger charge is 2.29. The summed E-state index contributed by atoms with van der Waals surface area (Å²) in [6, 6.07) is 11.7. The summed E-state index contributed by atoms with van der Waals surface area (Å²) in [5.41, 5.74) is 4.30. The minimum atomic E-state index is -0.389. The van der Waals surface area contributed by atoms with Gasteiger partial charge in [-0.25, -0.2) is 19.2 Å². The molecule has 2 aromatic carbocycles. The second-order valence-electron chi connectivity index (χ2n) is 9.00. The van der Waals surface area contributed by atoms with E-state index in [4.69, 9.17) is 14.2 Å². The number of nitrogens with zero attached hydrogens (tertiary/aromatic N) is 7. The van der Waals surface area contributed by atoms with Gasteiger partial charge in [-0.3, -0.25) is 13.7 Å². The maximum absolute atomic E-state index is 14.0. The molecule has 0 fully saturated rings. The van der Waals surface area contributed by atoms with Crippen LogP contribution in [0.5, 0.6) is 5.75 Å². The van der Waals surface area contributed by atoms with Crippen molar-refractivity contribution in [2.24, 2.45) is 0 Å². The lowest BCUT2D eigenvalue weighted by molar-refractivity contribution is 0.255. The van der Waals surface area contributed by atoms with Crippen molar-refractivity contribution in [2.45, 2.75) is 25.9 Å². The number of imidazole rings is 2. The van der Waals surface area contributed by atoms with E-state index in [-0.39, 0.29) is 30.0 Å². The molecule has 4 aromatic heterocycles. The van der Waals surface area contributed by atoms with Gasteiger partial charge in [0.1, 0.15) is 35.4 Å². The first-order valence-corrected chi connectivity index (χ1v) is 11.8. The normalized spacial score (nSPS) is 15.2. The lowest BCUT2D eigenvalue weighted by Gasteiger charge is -2.26. The van der Waals surface area contributed by atoms with Gasteiger partial charge in [0.05, 0.1) is 36.4 Å². The SMILES string of the molecule is Cc1conc1Cn1c(=O)n(C2CCOc3ccccc32)c2nc(-n3cnc4ccc(F)cc43)ncc21. The second kappa shape index (κ2) is 8.12. The van der Waals surface area contributed by atoms with Gasteiger partial charge in [-0.05, 0) is 25.1 Å². The Balaban J connectivity index is 1.47. The van der Waals surface area contributed by atoms with Gasteiger partial charge in [-0.15, -0.1) is 0 Å². The summed E-state index contributed by atoms with van der Waals surface area (Å²) >= 11 is 0. The molecule has 1 atom stereocenters. The molecule has 11 heteroatoms. The zero-order valence-corrected chi connectivity index (χ0v) is 19.7. The highest BCUT2D eigenvalue weighted by atomic mass is 19.1. The number of benzene rings is 2. The molecule has 6 aromatic rings. The molecule has 1 unspecified atom stereocenters. The van der Waals surface area contributed by atoms with E-state index in [1.807, 2.05) is 31.2 Å². The van der Waals surface area contributed by atoms with Gasteiger partial charge < -0.3 is 9.26 Å². The van der Waals surface area contributed by atoms with E-state index >= 15 is 0 Å². The van der Waals surface area contributed by atoms with E-state index in [0.29, 0.717) is 40.9 Å². The maximum atomic E-state index is 14.0. The van der Waals surface area contributed by atoms with E-state index < -0.39 is 0 Å². The van der Waals surface area contributed by atoms with Crippen LogP contribution in [0.15, 0.2) is 70.6 Å². The van der Waals surface area contributed by atoms with Crippen LogP contribution in [0, 0.1) is 12.7 Å². The molecule has 37 heavy (non-hydrogen) atoms. The first-order chi connectivity index (χ1) is 18.1. The Morgan fingerprint density at radius 3 is 2.89 bits per heavy atom. The Bertz CT molecular complexity index is 1870. The summed E-state index contributed by atoms with van der Waals surface area (Å²) in [5, 5.41) is 4.06. The summed E-state index contributed by atoms with van der Waals surface area (Å²) in [5.74, 6) is 0.633. The number of ether oxygens (including phenoxy) is 1. The van der Waals surface area contributed by atoms with E-state index in [2.05, 4.69) is 15.1 Å². The van der Waals surface area contributed by atoms with E-state index in [0.717, 1.165) is 16.9 Å². The zero-order valence-electron chi connectivity index (χ0n) is 19.7. The highest BCUT2D eigenvalue weighted by Crippen LogP contribution is 2.35. The maximum Gasteiger partial charge on any atom is 0.331 e. The third kappa shape index (κ3) is 3.34. The Hall–Kier alpha value is -4.80. The molecule has 0 radical (unpaired) electrons. The monoisotopic (exact) mass is 497 g/mol. The van der Waals surface area contributed by atoms with Crippen molar-refractivity contribution in [3.63, 3.8) is 0 Å². The van der Waals surface area contributed by atoms with Crippen LogP contribution in [0.1, 0.15) is 29.3 Å². The number of hydrogen-bond acceptors (Lipinski definition) is 7. The number of halogens is 1. The standard InChI is InChI=1S/C26H20FN7O3/c1-15-13-37-31-19(15)12-32-22-11-28-25(33-14-29-18-7-6-16(27)10-21(18)33)30-24(22)34(26(32)35)20-8-9-36-23-5-3-2-4-17(20)23/h2-7,10-11,13-14,20H,8-9,12H2,1H3. The molecule has 1 aliphatic rings. The average Bonchev–Trinajstić information content (AvgIpc) is 3.59. The Kier molecular flexibility index (Phi) is 4.71. The van der Waals surface area contributed by atoms with Gasteiger partial charge in [-0.1, -0.05) is 23.4 Å². The van der Waals surface area contributed by atoms with Crippen LogP contribution in [-0.4, -0.2) is 40.4 Å². The minimum absolute atomic E-state index is 0.206. The van der Waals surface area contributed by atoms with Crippen molar-refractivity contribution in [1.82, 2.24) is 33.8 Å². The topological polar surface area (TPSA) is 106 Å². The molecule has 184 valence electrons. The van der Waals surface area contributed by atoms with Crippen LogP contribution in [0.25, 0.3) is 28.1 Å². The van der Waals surface area contributed by atoms with Crippen LogP contribution in [0.3, 0.4) is 0 Å². The summed E-state index contributed by atoms with van der Waals surface area (Å²) in [6.07, 6.45) is 5.30. The molecule has 0 spiro atoms. The van der Waals surface area contributed by atoms with E-state index in [9.17, 15) is 9.18 Å². The molecule has 0 amide bonds. The van der Waals surface area contributed by atoms with Crippen molar-refractivity contribution in [1.29, 1.82) is 0 Å². The molecular formula is C26H20FN7O3. The average molecular weight is 497 g/mol. The molecule has 0 bridgehead atoms. The van der Waals surface area contributed by atoms with Crippen LogP contribution in [0.2, 0.25) is 0 Å². The fourth-order valence-corrected chi connectivity index (χ4v) is 4.94. The summed E-state index contributed by atoms with van der Waals surface area (Å²) in [7, 11) is 0. The third-order valence-corrected chi connectivity index (χ3v) is 6.81. The van der Waals surface area contributed by atoms with Crippen LogP contribution in [-0.2, 0) is 6.54 Å². The lowest BCUT2D eigenvalue weighted by atomic mass is 10.0. The van der Waals surface area contributed by atoms with Crippen LogP contribution in [0.4, 0.5) is 4.39 Å². The molecule has 0 N–H and O–H groups in total. The van der Waals surface area contributed by atoms with E-state index in [1.165, 1.54) is 12.1 Å². The summed E-state index contributed by atoms with van der Waals surface area (Å²) in [6.45, 7) is 2.55. The Morgan fingerprint density at radius 2 is 2.03 bits per heavy atom. The fourth-order valence-electron chi connectivity index (χ4n) is 4.94. The number of rotatable bonds is 4. The van der Waals surface area contributed by atoms with Crippen LogP contribution >= 0.6 is 0 Å². The minimum Gasteiger partial charge on any atom is -0.493 e. The number of para-hydroxylation sites is 1. The fraction of sp³-hybridized carbons (Fsp3) is 0.192. The molecular weight excluding hydrogens is 477 g/mol. The lowest BCUT2D eigenvalue weighted by Crippen LogP contribution is -2.31. The van der Waals surface area contributed by atoms with Crippen LogP contribution < -0.4 is 10.4 Å². The molecule has 5 heterocycles. The molecule has 7 rings (SSSR count). The highest BCUT2D eigenvalue weighted by molar-refractivity contribution is 5.78. The molecule has 0 saturated carbocycles. The zero-order chi connectivity index (χ0) is 25.1. The van der Waals surface area contributed by atoms with Gasteiger partial charge in [-0.2, -0.15) is 4.98 Å². The van der Waals surface area contributed by atoms with Gasteiger partial charge in [0.25, 0.3) is 0 Å². The molecule has 1 aliphatic heterocycles. The van der Waals surface area contributed by atoms with Crippen molar-refractivity contribution < 1.29 is 13.7 Å². The summed E-state index contributed by atoms with van der Waals surface area (Å²) < 4.78 is 29.9. The number of hydrogen-bond donors (Lipinski definition) is 0. The molecule has 10 nitrogen and oxygen atoms in total. The third-order valence-electron chi connectivity index (χ3n) is 6.81. The first kappa shape index (κ1) is 21.5. The van der Waals surface area contributed by atoms with E-state index in [1.54, 1.807) is 38.6 Å². The predicted octanol–water partition coefficient (Wildman–Crippen LogP) is 3.79. The Labute approximate surface area is 208 Å². The van der Waals surface area contributed by atoms with Gasteiger partial charge in [0, 0.05) is 23.6 Å². The smallest absolute Gasteiger partial charge is 0.331 e. The largest absolute Gasteiger partial charge is 0.493 e. The summed E-state index contributed by atoms with van der Waals surface area (Å²) in [4.78, 5) is 27.7. The number of fused-ring (bicyclic) bond motifs is 3. The van der Waals surface area contributed by atoms with Crippen molar-refractivity contribution in [3.8, 4) is 11.7 Å². The second-order valence-corrected chi connectivity index (χ2v) is 9.00. The van der Waals surface area contributed by atoms with Gasteiger partial charge >= 0.3 is 5.69 Å². The molecule has 0 saturated heterocycles. The van der Waals surface area contributed by atoms with Gasteiger partial charge in [0.2, 0.25) is 5.95 Å². The van der Waals surface area contributed by atoms with Crippen molar-refractivity contribution in [2.75, 3.05) is 6.61 Å². The predicted molar refractivity (Wildman–Crippen MR) is 131 cm³/mol.